The molecule has 1 unspecified atom stereocenters. The third kappa shape index (κ3) is 4.20. The Hall–Kier alpha value is -2.10. The highest BCUT2D eigenvalue weighted by Gasteiger charge is 2.05. The summed E-state index contributed by atoms with van der Waals surface area (Å²) in [5.41, 5.74) is 8.87. The lowest BCUT2D eigenvalue weighted by molar-refractivity contribution is 0.516. The van der Waals surface area contributed by atoms with Crippen molar-refractivity contribution in [2.75, 3.05) is 5.73 Å². The predicted molar refractivity (Wildman–Crippen MR) is 90.9 cm³/mol. The van der Waals surface area contributed by atoms with Crippen molar-refractivity contribution in [1.82, 2.24) is 9.55 Å². The molecule has 2 aromatic rings. The zero-order valence-corrected chi connectivity index (χ0v) is 13.7. The SMILES string of the molecule is CCC(C)CCc1cccc(Cc2cc(=O)n(C)c(N)n2)c1. The number of aromatic nitrogens is 2. The summed E-state index contributed by atoms with van der Waals surface area (Å²) >= 11 is 0. The van der Waals surface area contributed by atoms with E-state index in [0.29, 0.717) is 6.42 Å². The first-order chi connectivity index (χ1) is 10.5. The number of nitrogens with zero attached hydrogens (tertiary/aromatic N) is 2. The molecule has 118 valence electrons. The van der Waals surface area contributed by atoms with Gasteiger partial charge in [0.2, 0.25) is 5.95 Å². The van der Waals surface area contributed by atoms with Gasteiger partial charge < -0.3 is 5.73 Å². The van der Waals surface area contributed by atoms with Gasteiger partial charge in [0.15, 0.2) is 0 Å². The minimum atomic E-state index is -0.115. The van der Waals surface area contributed by atoms with Gasteiger partial charge in [0.25, 0.3) is 5.56 Å². The Morgan fingerprint density at radius 1 is 1.27 bits per heavy atom. The van der Waals surface area contributed by atoms with Gasteiger partial charge in [-0.15, -0.1) is 0 Å². The Kier molecular flexibility index (Phi) is 5.36. The van der Waals surface area contributed by atoms with Crippen LogP contribution in [0, 0.1) is 5.92 Å². The molecule has 0 saturated carbocycles. The van der Waals surface area contributed by atoms with E-state index in [0.717, 1.165) is 18.0 Å². The predicted octanol–water partition coefficient (Wildman–Crippen LogP) is 2.93. The molecule has 1 aromatic carbocycles. The second-order valence-corrected chi connectivity index (χ2v) is 6.05. The van der Waals surface area contributed by atoms with Gasteiger partial charge in [-0.3, -0.25) is 9.36 Å². The Bertz CT molecular complexity index is 691. The number of nitrogens with two attached hydrogens (primary N) is 1. The van der Waals surface area contributed by atoms with Crippen LogP contribution in [0.2, 0.25) is 0 Å². The molecule has 0 aliphatic rings. The van der Waals surface area contributed by atoms with Crippen LogP contribution in [0.3, 0.4) is 0 Å². The van der Waals surface area contributed by atoms with Crippen LogP contribution in [0.5, 0.6) is 0 Å². The summed E-state index contributed by atoms with van der Waals surface area (Å²) in [4.78, 5) is 16.1. The molecule has 1 aromatic heterocycles. The molecule has 0 aliphatic carbocycles. The lowest BCUT2D eigenvalue weighted by Gasteiger charge is -2.10. The fourth-order valence-corrected chi connectivity index (χ4v) is 2.42. The minimum Gasteiger partial charge on any atom is -0.369 e. The summed E-state index contributed by atoms with van der Waals surface area (Å²) in [6, 6.07) is 10.1. The van der Waals surface area contributed by atoms with Gasteiger partial charge in [0.1, 0.15) is 0 Å². The van der Waals surface area contributed by atoms with Crippen molar-refractivity contribution in [3.05, 3.63) is 57.5 Å². The van der Waals surface area contributed by atoms with Crippen LogP contribution in [0.1, 0.15) is 43.5 Å². The summed E-state index contributed by atoms with van der Waals surface area (Å²) in [5, 5.41) is 0. The van der Waals surface area contributed by atoms with Crippen molar-refractivity contribution in [2.45, 2.75) is 39.5 Å². The van der Waals surface area contributed by atoms with Crippen molar-refractivity contribution < 1.29 is 0 Å². The quantitative estimate of drug-likeness (QED) is 0.892. The maximum Gasteiger partial charge on any atom is 0.254 e. The van der Waals surface area contributed by atoms with Crippen molar-refractivity contribution >= 4 is 5.95 Å². The fourth-order valence-electron chi connectivity index (χ4n) is 2.42. The molecule has 0 bridgehead atoms. The van der Waals surface area contributed by atoms with E-state index in [1.807, 2.05) is 0 Å². The zero-order valence-electron chi connectivity index (χ0n) is 13.7. The van der Waals surface area contributed by atoms with Gasteiger partial charge in [0, 0.05) is 19.5 Å². The molecular weight excluding hydrogens is 274 g/mol. The molecule has 4 heteroatoms. The van der Waals surface area contributed by atoms with Crippen LogP contribution in [0.4, 0.5) is 5.95 Å². The number of nitrogen functional groups attached to an aromatic ring is 1. The topological polar surface area (TPSA) is 60.9 Å². The molecule has 4 nitrogen and oxygen atoms in total. The molecule has 2 rings (SSSR count). The highest BCUT2D eigenvalue weighted by atomic mass is 16.1. The summed E-state index contributed by atoms with van der Waals surface area (Å²) in [7, 11) is 1.63. The van der Waals surface area contributed by atoms with E-state index >= 15 is 0 Å². The molecule has 1 heterocycles. The summed E-state index contributed by atoms with van der Waals surface area (Å²) in [6.07, 6.45) is 4.15. The molecule has 0 aliphatic heterocycles. The number of rotatable bonds is 6. The van der Waals surface area contributed by atoms with Crippen LogP contribution in [-0.2, 0) is 19.9 Å². The number of benzene rings is 1. The molecule has 0 saturated heterocycles. The number of aryl methyl sites for hydroxylation is 1. The van der Waals surface area contributed by atoms with Crippen LogP contribution >= 0.6 is 0 Å². The molecular formula is C18H25N3O. The van der Waals surface area contributed by atoms with Crippen LogP contribution in [0.25, 0.3) is 0 Å². The summed E-state index contributed by atoms with van der Waals surface area (Å²) in [5.74, 6) is 1.01. The molecule has 1 atom stereocenters. The third-order valence-corrected chi connectivity index (χ3v) is 4.22. The second-order valence-electron chi connectivity index (χ2n) is 6.05. The number of hydrogen-bond donors (Lipinski definition) is 1. The van der Waals surface area contributed by atoms with Gasteiger partial charge in [0.05, 0.1) is 5.69 Å². The van der Waals surface area contributed by atoms with Gasteiger partial charge in [-0.05, 0) is 29.9 Å². The zero-order chi connectivity index (χ0) is 16.1. The molecule has 0 spiro atoms. The van der Waals surface area contributed by atoms with E-state index in [1.54, 1.807) is 13.1 Å². The van der Waals surface area contributed by atoms with E-state index in [4.69, 9.17) is 5.73 Å². The minimum absolute atomic E-state index is 0.115. The fraction of sp³-hybridized carbons (Fsp3) is 0.444. The Morgan fingerprint density at radius 2 is 2.00 bits per heavy atom. The first kappa shape index (κ1) is 16.3. The summed E-state index contributed by atoms with van der Waals surface area (Å²) in [6.45, 7) is 4.52. The van der Waals surface area contributed by atoms with Crippen LogP contribution < -0.4 is 11.3 Å². The maximum absolute atomic E-state index is 11.8. The lowest BCUT2D eigenvalue weighted by atomic mass is 9.97. The monoisotopic (exact) mass is 299 g/mol. The van der Waals surface area contributed by atoms with Crippen LogP contribution in [-0.4, -0.2) is 9.55 Å². The van der Waals surface area contributed by atoms with Crippen molar-refractivity contribution in [3.8, 4) is 0 Å². The van der Waals surface area contributed by atoms with Gasteiger partial charge >= 0.3 is 0 Å². The average molecular weight is 299 g/mol. The number of anilines is 1. The van der Waals surface area contributed by atoms with E-state index in [-0.39, 0.29) is 11.5 Å². The molecule has 0 radical (unpaired) electrons. The van der Waals surface area contributed by atoms with Crippen molar-refractivity contribution in [1.29, 1.82) is 0 Å². The van der Waals surface area contributed by atoms with Gasteiger partial charge in [-0.1, -0.05) is 44.5 Å². The van der Waals surface area contributed by atoms with E-state index in [2.05, 4.69) is 43.1 Å². The van der Waals surface area contributed by atoms with Gasteiger partial charge in [-0.25, -0.2) is 4.98 Å². The standard InChI is InChI=1S/C18H25N3O/c1-4-13(2)8-9-14-6-5-7-15(10-14)11-16-12-17(22)21(3)18(19)20-16/h5-7,10,12-13H,4,8-9,11H2,1-3H3,(H2,19,20). The normalized spacial score (nSPS) is 12.3. The Labute approximate surface area is 132 Å². The van der Waals surface area contributed by atoms with Crippen molar-refractivity contribution in [2.24, 2.45) is 13.0 Å². The smallest absolute Gasteiger partial charge is 0.254 e. The number of hydrogen-bond acceptors (Lipinski definition) is 3. The molecule has 0 fully saturated rings. The first-order valence-corrected chi connectivity index (χ1v) is 7.89. The van der Waals surface area contributed by atoms with Crippen LogP contribution in [0.15, 0.2) is 35.1 Å². The van der Waals surface area contributed by atoms with E-state index in [1.165, 1.54) is 28.5 Å². The Morgan fingerprint density at radius 3 is 2.68 bits per heavy atom. The largest absolute Gasteiger partial charge is 0.369 e. The molecule has 2 N–H and O–H groups in total. The molecule has 22 heavy (non-hydrogen) atoms. The highest BCUT2D eigenvalue weighted by Crippen LogP contribution is 2.15. The lowest BCUT2D eigenvalue weighted by Crippen LogP contribution is -2.21. The molecule has 0 amide bonds. The summed E-state index contributed by atoms with van der Waals surface area (Å²) < 4.78 is 1.35. The van der Waals surface area contributed by atoms with E-state index in [9.17, 15) is 4.79 Å². The highest BCUT2D eigenvalue weighted by molar-refractivity contribution is 5.29. The maximum atomic E-state index is 11.8. The first-order valence-electron chi connectivity index (χ1n) is 7.89. The van der Waals surface area contributed by atoms with Crippen molar-refractivity contribution in [3.63, 3.8) is 0 Å². The second kappa shape index (κ2) is 7.25. The van der Waals surface area contributed by atoms with E-state index < -0.39 is 0 Å². The average Bonchev–Trinajstić information content (AvgIpc) is 2.50. The third-order valence-electron chi connectivity index (χ3n) is 4.22. The Balaban J connectivity index is 2.12. The van der Waals surface area contributed by atoms with Gasteiger partial charge in [-0.2, -0.15) is 0 Å².